The largest absolute Gasteiger partial charge is 0.310 e. The monoisotopic (exact) mass is 260 g/mol. The molecule has 1 N–H and O–H groups in total. The van der Waals surface area contributed by atoms with Gasteiger partial charge in [-0.1, -0.05) is 13.8 Å². The average molecular weight is 260 g/mol. The Labute approximate surface area is 111 Å². The van der Waals surface area contributed by atoms with Crippen molar-refractivity contribution in [2.45, 2.75) is 33.6 Å². The molecule has 0 amide bonds. The topological polar surface area (TPSA) is 45.8 Å². The van der Waals surface area contributed by atoms with Crippen molar-refractivity contribution in [1.29, 1.82) is 0 Å². The SMILES string of the molecule is Cc1cc(-c2nc(C(C)C)[nH]c(=O)c2C)ccc1F. The summed E-state index contributed by atoms with van der Waals surface area (Å²) < 4.78 is 13.3. The number of aryl methyl sites for hydroxylation is 1. The smallest absolute Gasteiger partial charge is 0.254 e. The Bertz CT molecular complexity index is 674. The van der Waals surface area contributed by atoms with E-state index in [1.165, 1.54) is 6.07 Å². The van der Waals surface area contributed by atoms with Crippen molar-refractivity contribution in [3.63, 3.8) is 0 Å². The van der Waals surface area contributed by atoms with Crippen molar-refractivity contribution < 1.29 is 4.39 Å². The first kappa shape index (κ1) is 13.5. The number of H-pyrrole nitrogens is 1. The highest BCUT2D eigenvalue weighted by Crippen LogP contribution is 2.22. The number of benzene rings is 1. The van der Waals surface area contributed by atoms with E-state index >= 15 is 0 Å². The molecule has 1 aromatic carbocycles. The highest BCUT2D eigenvalue weighted by molar-refractivity contribution is 5.63. The molecule has 2 aromatic rings. The zero-order valence-electron chi connectivity index (χ0n) is 11.5. The van der Waals surface area contributed by atoms with Crippen LogP contribution in [0.4, 0.5) is 4.39 Å². The van der Waals surface area contributed by atoms with Gasteiger partial charge in [0.1, 0.15) is 11.6 Å². The van der Waals surface area contributed by atoms with Crippen LogP contribution in [-0.2, 0) is 0 Å². The first-order valence-corrected chi connectivity index (χ1v) is 6.27. The molecule has 100 valence electrons. The van der Waals surface area contributed by atoms with Crippen LogP contribution in [0.5, 0.6) is 0 Å². The fraction of sp³-hybridized carbons (Fsp3) is 0.333. The van der Waals surface area contributed by atoms with Gasteiger partial charge in [-0.15, -0.1) is 0 Å². The Morgan fingerprint density at radius 2 is 1.95 bits per heavy atom. The van der Waals surface area contributed by atoms with Gasteiger partial charge in [0, 0.05) is 17.0 Å². The van der Waals surface area contributed by atoms with Crippen LogP contribution in [0, 0.1) is 19.7 Å². The molecule has 0 bridgehead atoms. The van der Waals surface area contributed by atoms with Crippen LogP contribution in [0.1, 0.15) is 36.7 Å². The number of hydrogen-bond acceptors (Lipinski definition) is 2. The highest BCUT2D eigenvalue weighted by Gasteiger charge is 2.12. The van der Waals surface area contributed by atoms with E-state index in [9.17, 15) is 9.18 Å². The Hall–Kier alpha value is -1.97. The van der Waals surface area contributed by atoms with E-state index in [0.717, 1.165) is 5.56 Å². The lowest BCUT2D eigenvalue weighted by Gasteiger charge is -2.10. The number of aromatic nitrogens is 2. The minimum absolute atomic E-state index is 0.133. The molecule has 1 aromatic heterocycles. The minimum atomic E-state index is -0.254. The van der Waals surface area contributed by atoms with Gasteiger partial charge in [0.25, 0.3) is 5.56 Å². The van der Waals surface area contributed by atoms with Gasteiger partial charge in [-0.05, 0) is 37.6 Å². The summed E-state index contributed by atoms with van der Waals surface area (Å²) in [6, 6.07) is 4.78. The summed E-state index contributed by atoms with van der Waals surface area (Å²) in [6.07, 6.45) is 0. The maximum absolute atomic E-state index is 13.3. The predicted molar refractivity (Wildman–Crippen MR) is 73.8 cm³/mol. The summed E-state index contributed by atoms with van der Waals surface area (Å²) in [4.78, 5) is 19.2. The fourth-order valence-corrected chi connectivity index (χ4v) is 1.90. The third-order valence-electron chi connectivity index (χ3n) is 3.15. The predicted octanol–water partition coefficient (Wildman–Crippen LogP) is 3.32. The molecule has 0 aliphatic rings. The van der Waals surface area contributed by atoms with Crippen LogP contribution in [0.15, 0.2) is 23.0 Å². The van der Waals surface area contributed by atoms with Crippen LogP contribution in [0.3, 0.4) is 0 Å². The van der Waals surface area contributed by atoms with Crippen molar-refractivity contribution in [2.24, 2.45) is 0 Å². The molecule has 0 radical (unpaired) electrons. The van der Waals surface area contributed by atoms with Crippen LogP contribution in [0.25, 0.3) is 11.3 Å². The summed E-state index contributed by atoms with van der Waals surface area (Å²) >= 11 is 0. The van der Waals surface area contributed by atoms with Gasteiger partial charge < -0.3 is 4.98 Å². The van der Waals surface area contributed by atoms with Crippen LogP contribution >= 0.6 is 0 Å². The summed E-state index contributed by atoms with van der Waals surface area (Å²) in [5.41, 5.74) is 2.34. The van der Waals surface area contributed by atoms with E-state index in [0.29, 0.717) is 22.6 Å². The molecule has 0 atom stereocenters. The molecule has 19 heavy (non-hydrogen) atoms. The second-order valence-electron chi connectivity index (χ2n) is 5.04. The van der Waals surface area contributed by atoms with E-state index < -0.39 is 0 Å². The van der Waals surface area contributed by atoms with Crippen molar-refractivity contribution in [3.8, 4) is 11.3 Å². The van der Waals surface area contributed by atoms with E-state index in [1.54, 1.807) is 26.0 Å². The first-order chi connectivity index (χ1) is 8.90. The standard InChI is InChI=1S/C15H17FN2O/c1-8(2)14-17-13(10(4)15(19)18-14)11-5-6-12(16)9(3)7-11/h5-8H,1-4H3,(H,17,18,19). The van der Waals surface area contributed by atoms with Crippen LogP contribution in [0.2, 0.25) is 0 Å². The highest BCUT2D eigenvalue weighted by atomic mass is 19.1. The third kappa shape index (κ3) is 2.57. The Morgan fingerprint density at radius 3 is 2.53 bits per heavy atom. The van der Waals surface area contributed by atoms with E-state index in [4.69, 9.17) is 0 Å². The third-order valence-corrected chi connectivity index (χ3v) is 3.15. The Balaban J connectivity index is 2.67. The van der Waals surface area contributed by atoms with Gasteiger partial charge in [-0.3, -0.25) is 4.79 Å². The van der Waals surface area contributed by atoms with Gasteiger partial charge >= 0.3 is 0 Å². The number of rotatable bonds is 2. The molecule has 3 nitrogen and oxygen atoms in total. The Kier molecular flexibility index (Phi) is 3.51. The maximum atomic E-state index is 13.3. The lowest BCUT2D eigenvalue weighted by atomic mass is 10.0. The van der Waals surface area contributed by atoms with E-state index in [2.05, 4.69) is 9.97 Å². The zero-order valence-corrected chi connectivity index (χ0v) is 11.5. The van der Waals surface area contributed by atoms with Crippen molar-refractivity contribution in [2.75, 3.05) is 0 Å². The van der Waals surface area contributed by atoms with E-state index in [1.807, 2.05) is 13.8 Å². The van der Waals surface area contributed by atoms with Crippen molar-refractivity contribution in [1.82, 2.24) is 9.97 Å². The summed E-state index contributed by atoms with van der Waals surface area (Å²) in [6.45, 7) is 7.36. The molecule has 4 heteroatoms. The van der Waals surface area contributed by atoms with Crippen LogP contribution < -0.4 is 5.56 Å². The quantitative estimate of drug-likeness (QED) is 0.900. The van der Waals surface area contributed by atoms with Gasteiger partial charge in [-0.2, -0.15) is 0 Å². The lowest BCUT2D eigenvalue weighted by molar-refractivity contribution is 0.618. The summed E-state index contributed by atoms with van der Waals surface area (Å²) in [5, 5.41) is 0. The summed E-state index contributed by atoms with van der Waals surface area (Å²) in [5.74, 6) is 0.525. The molecular formula is C15H17FN2O. The average Bonchev–Trinajstić information content (AvgIpc) is 2.35. The Morgan fingerprint density at radius 1 is 1.26 bits per heavy atom. The molecule has 0 saturated heterocycles. The van der Waals surface area contributed by atoms with Gasteiger partial charge in [0.05, 0.1) is 5.69 Å². The fourth-order valence-electron chi connectivity index (χ4n) is 1.90. The summed E-state index contributed by atoms with van der Waals surface area (Å²) in [7, 11) is 0. The van der Waals surface area contributed by atoms with Crippen molar-refractivity contribution in [3.05, 3.63) is 51.3 Å². The molecule has 0 aliphatic carbocycles. The molecule has 0 unspecified atom stereocenters. The number of halogens is 1. The zero-order chi connectivity index (χ0) is 14.2. The molecule has 1 heterocycles. The molecule has 0 aliphatic heterocycles. The second kappa shape index (κ2) is 4.96. The number of nitrogens with one attached hydrogen (secondary N) is 1. The van der Waals surface area contributed by atoms with Crippen molar-refractivity contribution >= 4 is 0 Å². The molecular weight excluding hydrogens is 243 g/mol. The normalized spacial score (nSPS) is 11.1. The molecule has 0 spiro atoms. The van der Waals surface area contributed by atoms with Gasteiger partial charge in [0.2, 0.25) is 0 Å². The minimum Gasteiger partial charge on any atom is -0.310 e. The first-order valence-electron chi connectivity index (χ1n) is 6.27. The second-order valence-corrected chi connectivity index (χ2v) is 5.04. The number of nitrogens with zero attached hydrogens (tertiary/aromatic N) is 1. The number of hydrogen-bond donors (Lipinski definition) is 1. The number of aromatic amines is 1. The lowest BCUT2D eigenvalue weighted by Crippen LogP contribution is -2.16. The molecule has 2 rings (SSSR count). The van der Waals surface area contributed by atoms with Crippen LogP contribution in [-0.4, -0.2) is 9.97 Å². The maximum Gasteiger partial charge on any atom is 0.254 e. The van der Waals surface area contributed by atoms with Gasteiger partial charge in [-0.25, -0.2) is 9.37 Å². The van der Waals surface area contributed by atoms with Gasteiger partial charge in [0.15, 0.2) is 0 Å². The molecule has 0 fully saturated rings. The molecule has 0 saturated carbocycles. The van der Waals surface area contributed by atoms with E-state index in [-0.39, 0.29) is 17.3 Å².